The molecule has 5 heteroatoms. The molecule has 1 aliphatic heterocycles. The lowest BCUT2D eigenvalue weighted by Gasteiger charge is -2.24. The van der Waals surface area contributed by atoms with Gasteiger partial charge < -0.3 is 10.6 Å². The number of nitrogens with one attached hydrogen (secondary N) is 2. The smallest absolute Gasteiger partial charge is 0.237 e. The Morgan fingerprint density at radius 2 is 2.26 bits per heavy atom. The van der Waals surface area contributed by atoms with Crippen molar-refractivity contribution in [3.05, 3.63) is 34.3 Å². The SMILES string of the molecule is CC(NC(=O)C1CCCCN1)c1cccc(Br)c1.Cl. The summed E-state index contributed by atoms with van der Waals surface area (Å²) in [7, 11) is 0. The Labute approximate surface area is 129 Å². The second-order valence-electron chi connectivity index (χ2n) is 4.79. The lowest BCUT2D eigenvalue weighted by atomic mass is 10.0. The van der Waals surface area contributed by atoms with Crippen molar-refractivity contribution in [1.82, 2.24) is 10.6 Å². The van der Waals surface area contributed by atoms with Gasteiger partial charge in [0.2, 0.25) is 5.91 Å². The molecule has 1 aromatic carbocycles. The van der Waals surface area contributed by atoms with E-state index in [-0.39, 0.29) is 30.4 Å². The second-order valence-corrected chi connectivity index (χ2v) is 5.70. The first-order valence-electron chi connectivity index (χ1n) is 6.46. The number of hydrogen-bond acceptors (Lipinski definition) is 2. The first kappa shape index (κ1) is 16.5. The molecule has 19 heavy (non-hydrogen) atoms. The largest absolute Gasteiger partial charge is 0.348 e. The van der Waals surface area contributed by atoms with Gasteiger partial charge in [-0.3, -0.25) is 4.79 Å². The summed E-state index contributed by atoms with van der Waals surface area (Å²) in [6.45, 7) is 2.96. The van der Waals surface area contributed by atoms with Crippen LogP contribution in [0.2, 0.25) is 0 Å². The number of carbonyl (C=O) groups is 1. The van der Waals surface area contributed by atoms with Crippen LogP contribution in [0.3, 0.4) is 0 Å². The molecule has 0 spiro atoms. The number of rotatable bonds is 3. The van der Waals surface area contributed by atoms with Crippen LogP contribution in [0, 0.1) is 0 Å². The van der Waals surface area contributed by atoms with Crippen molar-refractivity contribution in [3.8, 4) is 0 Å². The molecule has 3 nitrogen and oxygen atoms in total. The van der Waals surface area contributed by atoms with Gasteiger partial charge in [0.05, 0.1) is 12.1 Å². The third-order valence-electron chi connectivity index (χ3n) is 3.33. The first-order valence-corrected chi connectivity index (χ1v) is 7.25. The van der Waals surface area contributed by atoms with Gasteiger partial charge in [-0.1, -0.05) is 34.5 Å². The van der Waals surface area contributed by atoms with Crippen molar-refractivity contribution in [2.24, 2.45) is 0 Å². The molecule has 0 aliphatic carbocycles. The van der Waals surface area contributed by atoms with E-state index in [1.54, 1.807) is 0 Å². The summed E-state index contributed by atoms with van der Waals surface area (Å²) < 4.78 is 1.04. The monoisotopic (exact) mass is 346 g/mol. The number of hydrogen-bond donors (Lipinski definition) is 2. The summed E-state index contributed by atoms with van der Waals surface area (Å²) in [4.78, 5) is 12.1. The average molecular weight is 348 g/mol. The molecule has 1 aliphatic rings. The topological polar surface area (TPSA) is 41.1 Å². The number of carbonyl (C=O) groups excluding carboxylic acids is 1. The zero-order valence-corrected chi connectivity index (χ0v) is 13.4. The first-order chi connectivity index (χ1) is 8.66. The van der Waals surface area contributed by atoms with Crippen LogP contribution in [0.15, 0.2) is 28.7 Å². The highest BCUT2D eigenvalue weighted by molar-refractivity contribution is 9.10. The average Bonchev–Trinajstić information content (AvgIpc) is 2.39. The summed E-state index contributed by atoms with van der Waals surface area (Å²) in [5.74, 6) is 0.113. The van der Waals surface area contributed by atoms with Crippen molar-refractivity contribution in [2.75, 3.05) is 6.54 Å². The van der Waals surface area contributed by atoms with Gasteiger partial charge in [0.25, 0.3) is 0 Å². The molecule has 106 valence electrons. The van der Waals surface area contributed by atoms with Crippen LogP contribution in [0.4, 0.5) is 0 Å². The zero-order chi connectivity index (χ0) is 13.0. The number of benzene rings is 1. The van der Waals surface area contributed by atoms with Crippen LogP contribution in [0.25, 0.3) is 0 Å². The fraction of sp³-hybridized carbons (Fsp3) is 0.500. The van der Waals surface area contributed by atoms with E-state index in [0.29, 0.717) is 0 Å². The highest BCUT2D eigenvalue weighted by atomic mass is 79.9. The van der Waals surface area contributed by atoms with E-state index in [9.17, 15) is 4.79 Å². The third-order valence-corrected chi connectivity index (χ3v) is 3.83. The minimum Gasteiger partial charge on any atom is -0.348 e. The van der Waals surface area contributed by atoms with E-state index in [0.717, 1.165) is 29.4 Å². The summed E-state index contributed by atoms with van der Waals surface area (Å²) in [5.41, 5.74) is 1.12. The highest BCUT2D eigenvalue weighted by Crippen LogP contribution is 2.18. The number of piperidine rings is 1. The van der Waals surface area contributed by atoms with Crippen LogP contribution in [0.1, 0.15) is 37.8 Å². The minimum atomic E-state index is -0.0200. The van der Waals surface area contributed by atoms with Crippen molar-refractivity contribution < 1.29 is 4.79 Å². The van der Waals surface area contributed by atoms with Crippen LogP contribution < -0.4 is 10.6 Å². The van der Waals surface area contributed by atoms with Gasteiger partial charge >= 0.3 is 0 Å². The Hall–Kier alpha value is -0.580. The van der Waals surface area contributed by atoms with Crippen LogP contribution >= 0.6 is 28.3 Å². The molecule has 1 aromatic rings. The molecule has 0 bridgehead atoms. The Kier molecular flexibility index (Phi) is 6.83. The van der Waals surface area contributed by atoms with Gasteiger partial charge in [0.1, 0.15) is 0 Å². The minimum absolute atomic E-state index is 0. The highest BCUT2D eigenvalue weighted by Gasteiger charge is 2.21. The van der Waals surface area contributed by atoms with Gasteiger partial charge in [-0.25, -0.2) is 0 Å². The van der Waals surface area contributed by atoms with E-state index in [2.05, 4.69) is 26.6 Å². The molecule has 2 unspecified atom stereocenters. The van der Waals surface area contributed by atoms with Gasteiger partial charge in [-0.2, -0.15) is 0 Å². The Balaban J connectivity index is 0.00000180. The van der Waals surface area contributed by atoms with Crippen LogP contribution in [-0.4, -0.2) is 18.5 Å². The molecule has 2 rings (SSSR count). The summed E-state index contributed by atoms with van der Waals surface area (Å²) in [5, 5.41) is 6.34. The Bertz CT molecular complexity index is 422. The molecule has 0 radical (unpaired) electrons. The quantitative estimate of drug-likeness (QED) is 0.881. The normalized spacial score (nSPS) is 20.2. The summed E-state index contributed by atoms with van der Waals surface area (Å²) >= 11 is 3.45. The van der Waals surface area contributed by atoms with E-state index in [1.807, 2.05) is 31.2 Å². The lowest BCUT2D eigenvalue weighted by Crippen LogP contribution is -2.47. The molecule has 1 fully saturated rings. The molecular weight excluding hydrogens is 328 g/mol. The van der Waals surface area contributed by atoms with Crippen molar-refractivity contribution in [2.45, 2.75) is 38.3 Å². The predicted molar refractivity (Wildman–Crippen MR) is 83.6 cm³/mol. The van der Waals surface area contributed by atoms with Gasteiger partial charge in [-0.05, 0) is 44.0 Å². The molecular formula is C14H20BrClN2O. The molecule has 2 N–H and O–H groups in total. The van der Waals surface area contributed by atoms with Crippen molar-refractivity contribution >= 4 is 34.2 Å². The Morgan fingerprint density at radius 3 is 2.89 bits per heavy atom. The summed E-state index contributed by atoms with van der Waals surface area (Å²) in [6.07, 6.45) is 3.25. The van der Waals surface area contributed by atoms with Gasteiger partial charge in [0, 0.05) is 4.47 Å². The molecule has 1 amide bonds. The Morgan fingerprint density at radius 1 is 1.47 bits per heavy atom. The number of halogens is 2. The molecule has 1 saturated heterocycles. The maximum atomic E-state index is 12.1. The third kappa shape index (κ3) is 4.79. The molecule has 2 atom stereocenters. The number of amides is 1. The summed E-state index contributed by atoms with van der Waals surface area (Å²) in [6, 6.07) is 8.07. The fourth-order valence-electron chi connectivity index (χ4n) is 2.25. The standard InChI is InChI=1S/C14H19BrN2O.ClH/c1-10(11-5-4-6-12(15)9-11)17-14(18)13-7-2-3-8-16-13;/h4-6,9-10,13,16H,2-3,7-8H2,1H3,(H,17,18);1H. The van der Waals surface area contributed by atoms with E-state index in [4.69, 9.17) is 0 Å². The van der Waals surface area contributed by atoms with Gasteiger partial charge in [0.15, 0.2) is 0 Å². The van der Waals surface area contributed by atoms with Gasteiger partial charge in [-0.15, -0.1) is 12.4 Å². The molecule has 0 aromatic heterocycles. The predicted octanol–water partition coefficient (Wildman–Crippen LogP) is 3.19. The maximum absolute atomic E-state index is 12.1. The van der Waals surface area contributed by atoms with E-state index < -0.39 is 0 Å². The maximum Gasteiger partial charge on any atom is 0.237 e. The fourth-order valence-corrected chi connectivity index (χ4v) is 2.67. The molecule has 1 heterocycles. The van der Waals surface area contributed by atoms with Crippen LogP contribution in [0.5, 0.6) is 0 Å². The molecule has 0 saturated carbocycles. The van der Waals surface area contributed by atoms with E-state index in [1.165, 1.54) is 6.42 Å². The zero-order valence-electron chi connectivity index (χ0n) is 11.0. The van der Waals surface area contributed by atoms with E-state index >= 15 is 0 Å². The van der Waals surface area contributed by atoms with Crippen molar-refractivity contribution in [1.29, 1.82) is 0 Å². The second kappa shape index (κ2) is 7.88. The van der Waals surface area contributed by atoms with Crippen molar-refractivity contribution in [3.63, 3.8) is 0 Å². The van der Waals surface area contributed by atoms with Crippen LogP contribution in [-0.2, 0) is 4.79 Å². The lowest BCUT2D eigenvalue weighted by molar-refractivity contribution is -0.124.